The number of nitrogens with zero attached hydrogens (tertiary/aromatic N) is 2. The Morgan fingerprint density at radius 3 is 2.91 bits per heavy atom. The number of esters is 1. The average molecular weight is 415 g/mol. The van der Waals surface area contributed by atoms with Gasteiger partial charge in [0.15, 0.2) is 6.61 Å². The molecule has 2 heterocycles. The van der Waals surface area contributed by atoms with Crippen LogP contribution in [0.15, 0.2) is 38.5 Å². The van der Waals surface area contributed by atoms with Crippen molar-refractivity contribution >= 4 is 50.5 Å². The number of aromatic nitrogens is 2. The highest BCUT2D eigenvalue weighted by molar-refractivity contribution is 9.11. The Morgan fingerprint density at radius 1 is 1.35 bits per heavy atom. The minimum atomic E-state index is -0.608. The third-order valence-corrected chi connectivity index (χ3v) is 4.79. The summed E-state index contributed by atoms with van der Waals surface area (Å²) in [6, 6.07) is 8.48. The maximum absolute atomic E-state index is 12.0. The highest BCUT2D eigenvalue weighted by atomic mass is 79.9. The van der Waals surface area contributed by atoms with E-state index in [1.165, 1.54) is 17.4 Å². The van der Waals surface area contributed by atoms with Crippen LogP contribution in [0.4, 0.5) is 5.69 Å². The lowest BCUT2D eigenvalue weighted by molar-refractivity contribution is 0.0440. The summed E-state index contributed by atoms with van der Waals surface area (Å²) < 4.78 is 11.5. The number of thiophene rings is 1. The maximum atomic E-state index is 12.0. The van der Waals surface area contributed by atoms with Crippen molar-refractivity contribution in [3.63, 3.8) is 0 Å². The van der Waals surface area contributed by atoms with Gasteiger partial charge in [0.1, 0.15) is 0 Å². The predicted molar refractivity (Wildman–Crippen MR) is 90.3 cm³/mol. The lowest BCUT2D eigenvalue weighted by Crippen LogP contribution is -2.08. The van der Waals surface area contributed by atoms with Gasteiger partial charge in [0.2, 0.25) is 0 Å². The monoisotopic (exact) mass is 413 g/mol. The fourth-order valence-electron chi connectivity index (χ4n) is 1.76. The summed E-state index contributed by atoms with van der Waals surface area (Å²) in [5.41, 5.74) is 6.12. The lowest BCUT2D eigenvalue weighted by atomic mass is 10.2. The number of nitrogen functional groups attached to an aromatic ring is 1. The van der Waals surface area contributed by atoms with E-state index in [1.807, 2.05) is 12.1 Å². The third-order valence-electron chi connectivity index (χ3n) is 2.85. The number of nitrogens with two attached hydrogens (primary N) is 1. The predicted octanol–water partition coefficient (Wildman–Crippen LogP) is 4.15. The molecule has 2 N–H and O–H groups in total. The van der Waals surface area contributed by atoms with Gasteiger partial charge in [0.25, 0.3) is 11.8 Å². The van der Waals surface area contributed by atoms with Crippen molar-refractivity contribution < 1.29 is 13.9 Å². The van der Waals surface area contributed by atoms with Crippen molar-refractivity contribution in [3.8, 4) is 10.8 Å². The molecule has 0 saturated heterocycles. The largest absolute Gasteiger partial charge is 0.452 e. The molecule has 0 amide bonds. The maximum Gasteiger partial charge on any atom is 0.340 e. The minimum Gasteiger partial charge on any atom is -0.452 e. The van der Waals surface area contributed by atoms with Gasteiger partial charge in [0.05, 0.1) is 24.9 Å². The molecule has 0 aliphatic rings. The second-order valence-corrected chi connectivity index (χ2v) is 7.25. The van der Waals surface area contributed by atoms with Crippen LogP contribution in [-0.2, 0) is 11.3 Å². The van der Waals surface area contributed by atoms with Gasteiger partial charge in [-0.1, -0.05) is 17.7 Å². The molecular weight excluding hydrogens is 406 g/mol. The zero-order valence-electron chi connectivity index (χ0n) is 11.5. The van der Waals surface area contributed by atoms with E-state index < -0.39 is 5.97 Å². The second-order valence-electron chi connectivity index (χ2n) is 4.38. The van der Waals surface area contributed by atoms with Gasteiger partial charge in [-0.15, -0.1) is 21.5 Å². The first kappa shape index (κ1) is 16.0. The summed E-state index contributed by atoms with van der Waals surface area (Å²) in [6.45, 7) is -0.148. The quantitative estimate of drug-likeness (QED) is 0.509. The van der Waals surface area contributed by atoms with Crippen LogP contribution in [0.1, 0.15) is 16.2 Å². The van der Waals surface area contributed by atoms with E-state index in [0.29, 0.717) is 10.9 Å². The molecule has 3 rings (SSSR count). The molecule has 1 aromatic carbocycles. The fraction of sp³-hybridized carbons (Fsp3) is 0.0714. The van der Waals surface area contributed by atoms with Crippen molar-refractivity contribution in [2.75, 3.05) is 5.73 Å². The number of hydrogen-bond donors (Lipinski definition) is 1. The first-order valence-corrected chi connectivity index (χ1v) is 8.32. The standard InChI is InChI=1S/C14H9BrClN3O3S/c15-10-5-4-9(23-10)13-19-18-11(22-13)6-21-14(20)7-2-1-3-8(16)12(7)17/h1-5H,6,17H2. The molecule has 0 unspecified atom stereocenters. The van der Waals surface area contributed by atoms with E-state index in [2.05, 4.69) is 26.1 Å². The highest BCUT2D eigenvalue weighted by Crippen LogP contribution is 2.30. The molecule has 0 aliphatic heterocycles. The summed E-state index contributed by atoms with van der Waals surface area (Å²) >= 11 is 10.7. The van der Waals surface area contributed by atoms with Gasteiger partial charge >= 0.3 is 5.97 Å². The van der Waals surface area contributed by atoms with Gasteiger partial charge in [-0.2, -0.15) is 0 Å². The summed E-state index contributed by atoms with van der Waals surface area (Å²) in [4.78, 5) is 12.8. The first-order chi connectivity index (χ1) is 11.0. The molecule has 9 heteroatoms. The number of halogens is 2. The molecule has 0 aliphatic carbocycles. The van der Waals surface area contributed by atoms with Crippen LogP contribution in [0.3, 0.4) is 0 Å². The van der Waals surface area contributed by atoms with Crippen LogP contribution in [0.2, 0.25) is 5.02 Å². The summed E-state index contributed by atoms with van der Waals surface area (Å²) in [5, 5.41) is 8.06. The number of benzene rings is 1. The topological polar surface area (TPSA) is 91.2 Å². The molecule has 23 heavy (non-hydrogen) atoms. The Kier molecular flexibility index (Phi) is 4.65. The number of rotatable bonds is 4. The smallest absolute Gasteiger partial charge is 0.340 e. The number of ether oxygens (including phenoxy) is 1. The van der Waals surface area contributed by atoms with E-state index in [1.54, 1.807) is 12.1 Å². The van der Waals surface area contributed by atoms with E-state index in [-0.39, 0.29) is 23.7 Å². The molecule has 0 spiro atoms. The Labute approximate surface area is 148 Å². The molecule has 0 saturated carbocycles. The third kappa shape index (κ3) is 3.54. The normalized spacial score (nSPS) is 10.7. The van der Waals surface area contributed by atoms with Gasteiger partial charge in [-0.3, -0.25) is 0 Å². The zero-order chi connectivity index (χ0) is 16.4. The molecule has 6 nitrogen and oxygen atoms in total. The SMILES string of the molecule is Nc1c(Cl)cccc1C(=O)OCc1nnc(-c2ccc(Br)s2)o1. The van der Waals surface area contributed by atoms with Crippen molar-refractivity contribution in [2.45, 2.75) is 6.61 Å². The Hall–Kier alpha value is -1.90. The van der Waals surface area contributed by atoms with Gasteiger partial charge in [0, 0.05) is 0 Å². The lowest BCUT2D eigenvalue weighted by Gasteiger charge is -2.06. The van der Waals surface area contributed by atoms with Crippen LogP contribution in [0.25, 0.3) is 10.8 Å². The van der Waals surface area contributed by atoms with Crippen molar-refractivity contribution in [1.29, 1.82) is 0 Å². The molecule has 2 aromatic heterocycles. The number of hydrogen-bond acceptors (Lipinski definition) is 7. The molecule has 0 fully saturated rings. The van der Waals surface area contributed by atoms with Crippen LogP contribution < -0.4 is 5.73 Å². The molecule has 0 bridgehead atoms. The van der Waals surface area contributed by atoms with E-state index in [4.69, 9.17) is 26.5 Å². The number of carbonyl (C=O) groups is 1. The average Bonchev–Trinajstić information content (AvgIpc) is 3.16. The van der Waals surface area contributed by atoms with E-state index in [0.717, 1.165) is 8.66 Å². The van der Waals surface area contributed by atoms with E-state index >= 15 is 0 Å². The summed E-state index contributed by atoms with van der Waals surface area (Å²) in [5.74, 6) is -0.0453. The van der Waals surface area contributed by atoms with Crippen molar-refractivity contribution in [2.24, 2.45) is 0 Å². The highest BCUT2D eigenvalue weighted by Gasteiger charge is 2.16. The zero-order valence-corrected chi connectivity index (χ0v) is 14.6. The summed E-state index contributed by atoms with van der Waals surface area (Å²) in [6.07, 6.45) is 0. The van der Waals surface area contributed by atoms with Gasteiger partial charge in [-0.25, -0.2) is 4.79 Å². The first-order valence-electron chi connectivity index (χ1n) is 6.34. The van der Waals surface area contributed by atoms with Crippen molar-refractivity contribution in [3.05, 3.63) is 50.6 Å². The number of carbonyl (C=O) groups excluding carboxylic acids is 1. The Morgan fingerprint density at radius 2 is 2.17 bits per heavy atom. The number of anilines is 1. The van der Waals surface area contributed by atoms with Crippen LogP contribution in [0, 0.1) is 0 Å². The van der Waals surface area contributed by atoms with Crippen molar-refractivity contribution in [1.82, 2.24) is 10.2 Å². The van der Waals surface area contributed by atoms with E-state index in [9.17, 15) is 4.79 Å². The summed E-state index contributed by atoms with van der Waals surface area (Å²) in [7, 11) is 0. The minimum absolute atomic E-state index is 0.148. The van der Waals surface area contributed by atoms with Gasteiger partial charge < -0.3 is 14.9 Å². The van der Waals surface area contributed by atoms with Crippen LogP contribution >= 0.6 is 38.9 Å². The molecular formula is C14H9BrClN3O3S. The number of para-hydroxylation sites is 1. The molecule has 118 valence electrons. The fourth-order valence-corrected chi connectivity index (χ4v) is 3.24. The molecule has 0 atom stereocenters. The Bertz CT molecular complexity index is 865. The molecule has 3 aromatic rings. The molecule has 0 radical (unpaired) electrons. The van der Waals surface area contributed by atoms with Crippen LogP contribution in [0.5, 0.6) is 0 Å². The van der Waals surface area contributed by atoms with Crippen LogP contribution in [-0.4, -0.2) is 16.2 Å². The Balaban J connectivity index is 1.68. The second kappa shape index (κ2) is 6.69. The van der Waals surface area contributed by atoms with Gasteiger partial charge in [-0.05, 0) is 40.2 Å².